The minimum Gasteiger partial charge on any atom is -0.319 e. The molecule has 0 aromatic heterocycles. The van der Waals surface area contributed by atoms with Crippen molar-refractivity contribution in [2.24, 2.45) is 0 Å². The Morgan fingerprint density at radius 2 is 1.72 bits per heavy atom. The van der Waals surface area contributed by atoms with Gasteiger partial charge in [-0.2, -0.15) is 0 Å². The van der Waals surface area contributed by atoms with E-state index in [4.69, 9.17) is 0 Å². The molecular formula is C19H23N3O3. The average molecular weight is 341 g/mol. The van der Waals surface area contributed by atoms with Gasteiger partial charge in [-0.1, -0.05) is 29.8 Å². The Morgan fingerprint density at radius 1 is 1.12 bits per heavy atom. The van der Waals surface area contributed by atoms with Crippen LogP contribution >= 0.6 is 0 Å². The van der Waals surface area contributed by atoms with Crippen LogP contribution in [0.25, 0.3) is 0 Å². The summed E-state index contributed by atoms with van der Waals surface area (Å²) in [6.45, 7) is 6.47. The van der Waals surface area contributed by atoms with Crippen LogP contribution in [-0.4, -0.2) is 29.3 Å². The number of hydrogen-bond donors (Lipinski definition) is 1. The van der Waals surface area contributed by atoms with Crippen molar-refractivity contribution >= 4 is 17.3 Å². The van der Waals surface area contributed by atoms with Crippen LogP contribution in [-0.2, 0) is 11.3 Å². The molecule has 0 aliphatic carbocycles. The van der Waals surface area contributed by atoms with Crippen LogP contribution in [0.15, 0.2) is 36.4 Å². The first-order valence-electron chi connectivity index (χ1n) is 8.06. The summed E-state index contributed by atoms with van der Waals surface area (Å²) < 4.78 is 0. The smallest absolute Gasteiger partial charge is 0.293 e. The number of nitro groups is 1. The average Bonchev–Trinajstić information content (AvgIpc) is 2.52. The van der Waals surface area contributed by atoms with Crippen LogP contribution < -0.4 is 5.32 Å². The lowest BCUT2D eigenvalue weighted by Gasteiger charge is -2.17. The van der Waals surface area contributed by atoms with Gasteiger partial charge in [0.1, 0.15) is 5.69 Å². The Kier molecular flexibility index (Phi) is 5.88. The van der Waals surface area contributed by atoms with Crippen LogP contribution in [0.2, 0.25) is 0 Å². The van der Waals surface area contributed by atoms with Crippen LogP contribution in [0, 0.1) is 30.9 Å². The molecule has 2 rings (SSSR count). The molecule has 0 spiro atoms. The minimum atomic E-state index is -0.474. The Bertz CT molecular complexity index is 785. The molecule has 1 N–H and O–H groups in total. The fourth-order valence-corrected chi connectivity index (χ4v) is 2.55. The molecule has 0 bridgehead atoms. The maximum atomic E-state index is 12.3. The zero-order chi connectivity index (χ0) is 18.6. The van der Waals surface area contributed by atoms with E-state index in [1.54, 1.807) is 6.07 Å². The number of likely N-dealkylation sites (N-methyl/N-ethyl adjacent to an activating group) is 1. The fourth-order valence-electron chi connectivity index (χ4n) is 2.55. The molecule has 0 saturated heterocycles. The standard InChI is InChI=1S/C19H23N3O3/c1-13-5-7-16(8-6-13)11-21(4)12-19(23)20-17-9-14(2)15(3)10-18(17)22(24)25/h5-10H,11-12H2,1-4H3,(H,20,23). The third kappa shape index (κ3) is 5.12. The highest BCUT2D eigenvalue weighted by Crippen LogP contribution is 2.27. The van der Waals surface area contributed by atoms with E-state index in [-0.39, 0.29) is 23.8 Å². The molecule has 132 valence electrons. The van der Waals surface area contributed by atoms with Gasteiger partial charge in [-0.25, -0.2) is 0 Å². The molecule has 0 aliphatic rings. The highest BCUT2D eigenvalue weighted by atomic mass is 16.6. The molecule has 1 amide bonds. The van der Waals surface area contributed by atoms with Crippen LogP contribution in [0.5, 0.6) is 0 Å². The van der Waals surface area contributed by atoms with Gasteiger partial charge in [0.2, 0.25) is 5.91 Å². The first-order chi connectivity index (χ1) is 11.8. The number of anilines is 1. The molecule has 0 fully saturated rings. The topological polar surface area (TPSA) is 75.5 Å². The second-order valence-corrected chi connectivity index (χ2v) is 6.42. The van der Waals surface area contributed by atoms with Crippen molar-refractivity contribution in [2.75, 3.05) is 18.9 Å². The van der Waals surface area contributed by atoms with Crippen LogP contribution in [0.1, 0.15) is 22.3 Å². The van der Waals surface area contributed by atoms with E-state index in [2.05, 4.69) is 5.32 Å². The Morgan fingerprint density at radius 3 is 2.32 bits per heavy atom. The van der Waals surface area contributed by atoms with Gasteiger partial charge in [0.15, 0.2) is 0 Å². The molecular weight excluding hydrogens is 318 g/mol. The Balaban J connectivity index is 2.03. The van der Waals surface area contributed by atoms with Crippen LogP contribution in [0.4, 0.5) is 11.4 Å². The number of hydrogen-bond acceptors (Lipinski definition) is 4. The highest BCUT2D eigenvalue weighted by molar-refractivity contribution is 5.94. The summed E-state index contributed by atoms with van der Waals surface area (Å²) in [6.07, 6.45) is 0. The zero-order valence-corrected chi connectivity index (χ0v) is 15.0. The number of rotatable bonds is 6. The summed E-state index contributed by atoms with van der Waals surface area (Å²) in [4.78, 5) is 24.9. The zero-order valence-electron chi connectivity index (χ0n) is 15.0. The van der Waals surface area contributed by atoms with Crippen molar-refractivity contribution in [1.82, 2.24) is 4.90 Å². The third-order valence-corrected chi connectivity index (χ3v) is 4.07. The largest absolute Gasteiger partial charge is 0.319 e. The molecule has 2 aromatic carbocycles. The molecule has 6 nitrogen and oxygen atoms in total. The van der Waals surface area contributed by atoms with Gasteiger partial charge in [-0.3, -0.25) is 19.8 Å². The molecule has 0 saturated carbocycles. The quantitative estimate of drug-likeness (QED) is 0.643. The molecule has 0 unspecified atom stereocenters. The maximum Gasteiger partial charge on any atom is 0.293 e. The van der Waals surface area contributed by atoms with Crippen molar-refractivity contribution in [3.8, 4) is 0 Å². The lowest BCUT2D eigenvalue weighted by Crippen LogP contribution is -2.30. The third-order valence-electron chi connectivity index (χ3n) is 4.07. The number of aryl methyl sites for hydroxylation is 3. The summed E-state index contributed by atoms with van der Waals surface area (Å²) in [6, 6.07) is 11.2. The lowest BCUT2D eigenvalue weighted by atomic mass is 10.1. The van der Waals surface area contributed by atoms with Gasteiger partial charge in [-0.15, -0.1) is 0 Å². The number of amides is 1. The summed E-state index contributed by atoms with van der Waals surface area (Å²) in [5.74, 6) is -0.277. The van der Waals surface area contributed by atoms with Gasteiger partial charge in [0.05, 0.1) is 11.5 Å². The van der Waals surface area contributed by atoms with E-state index < -0.39 is 4.92 Å². The molecule has 0 aliphatic heterocycles. The molecule has 0 heterocycles. The first-order valence-corrected chi connectivity index (χ1v) is 8.06. The molecule has 6 heteroatoms. The minimum absolute atomic E-state index is 0.0855. The van der Waals surface area contributed by atoms with E-state index in [1.165, 1.54) is 11.6 Å². The van der Waals surface area contributed by atoms with Gasteiger partial charge in [0, 0.05) is 12.6 Å². The number of benzene rings is 2. The number of nitro benzene ring substituents is 1. The predicted molar refractivity (Wildman–Crippen MR) is 98.7 cm³/mol. The van der Waals surface area contributed by atoms with E-state index in [9.17, 15) is 14.9 Å². The van der Waals surface area contributed by atoms with E-state index in [1.807, 2.05) is 57.0 Å². The predicted octanol–water partition coefficient (Wildman–Crippen LogP) is 3.59. The second kappa shape index (κ2) is 7.90. The van der Waals surface area contributed by atoms with Crippen molar-refractivity contribution in [1.29, 1.82) is 0 Å². The Labute approximate surface area is 147 Å². The summed E-state index contributed by atoms with van der Waals surface area (Å²) in [7, 11) is 1.84. The molecule has 0 radical (unpaired) electrons. The van der Waals surface area contributed by atoms with Crippen molar-refractivity contribution in [2.45, 2.75) is 27.3 Å². The Hall–Kier alpha value is -2.73. The van der Waals surface area contributed by atoms with E-state index in [0.717, 1.165) is 16.7 Å². The SMILES string of the molecule is Cc1ccc(CN(C)CC(=O)Nc2cc(C)c(C)cc2[N+](=O)[O-])cc1. The van der Waals surface area contributed by atoms with Gasteiger partial charge < -0.3 is 5.32 Å². The van der Waals surface area contributed by atoms with Crippen molar-refractivity contribution in [3.05, 3.63) is 68.8 Å². The van der Waals surface area contributed by atoms with Gasteiger partial charge in [0.25, 0.3) is 5.69 Å². The molecule has 2 aromatic rings. The molecule has 0 atom stereocenters. The van der Waals surface area contributed by atoms with Gasteiger partial charge in [-0.05, 0) is 50.6 Å². The summed E-state index contributed by atoms with van der Waals surface area (Å²) >= 11 is 0. The van der Waals surface area contributed by atoms with Crippen molar-refractivity contribution in [3.63, 3.8) is 0 Å². The fraction of sp³-hybridized carbons (Fsp3) is 0.316. The summed E-state index contributed by atoms with van der Waals surface area (Å²) in [5.41, 5.74) is 4.17. The monoisotopic (exact) mass is 341 g/mol. The summed E-state index contributed by atoms with van der Waals surface area (Å²) in [5, 5.41) is 13.9. The van der Waals surface area contributed by atoms with E-state index in [0.29, 0.717) is 6.54 Å². The van der Waals surface area contributed by atoms with Gasteiger partial charge >= 0.3 is 0 Å². The number of nitrogens with one attached hydrogen (secondary N) is 1. The second-order valence-electron chi connectivity index (χ2n) is 6.42. The van der Waals surface area contributed by atoms with Crippen LogP contribution in [0.3, 0.4) is 0 Å². The molecule has 25 heavy (non-hydrogen) atoms. The first kappa shape index (κ1) is 18.6. The number of carbonyl (C=O) groups excluding carboxylic acids is 1. The maximum absolute atomic E-state index is 12.3. The number of carbonyl (C=O) groups is 1. The van der Waals surface area contributed by atoms with Crippen molar-refractivity contribution < 1.29 is 9.72 Å². The highest BCUT2D eigenvalue weighted by Gasteiger charge is 2.18. The lowest BCUT2D eigenvalue weighted by molar-refractivity contribution is -0.384. The van der Waals surface area contributed by atoms with E-state index >= 15 is 0 Å². The normalized spacial score (nSPS) is 10.8. The number of nitrogens with zero attached hydrogens (tertiary/aromatic N) is 2.